The van der Waals surface area contributed by atoms with Crippen molar-refractivity contribution in [2.24, 2.45) is 11.8 Å². The Kier molecular flexibility index (Phi) is 7.31. The van der Waals surface area contributed by atoms with Gasteiger partial charge in [-0.25, -0.2) is 0 Å². The summed E-state index contributed by atoms with van der Waals surface area (Å²) in [6.07, 6.45) is 4.04. The van der Waals surface area contributed by atoms with Crippen molar-refractivity contribution in [1.82, 2.24) is 5.32 Å². The van der Waals surface area contributed by atoms with Gasteiger partial charge in [0.25, 0.3) is 0 Å². The molecule has 0 bridgehead atoms. The lowest BCUT2D eigenvalue weighted by Crippen LogP contribution is -2.39. The van der Waals surface area contributed by atoms with Crippen molar-refractivity contribution in [2.45, 2.75) is 52.0 Å². The van der Waals surface area contributed by atoms with E-state index in [1.807, 2.05) is 25.1 Å². The van der Waals surface area contributed by atoms with Crippen molar-refractivity contribution in [3.63, 3.8) is 0 Å². The fourth-order valence-corrected chi connectivity index (χ4v) is 3.97. The minimum atomic E-state index is -0.0228. The average Bonchev–Trinajstić information content (AvgIpc) is 2.74. The first-order valence-corrected chi connectivity index (χ1v) is 10.6. The molecule has 1 saturated carbocycles. The Hall–Kier alpha value is -2.08. The highest BCUT2D eigenvalue weighted by atomic mass is 16.5. The summed E-state index contributed by atoms with van der Waals surface area (Å²) < 4.78 is 5.44. The molecular formula is C22H33N3O3. The molecule has 1 unspecified atom stereocenters. The van der Waals surface area contributed by atoms with Gasteiger partial charge >= 0.3 is 0 Å². The second-order valence-corrected chi connectivity index (χ2v) is 7.97. The number of hydrogen-bond acceptors (Lipinski definition) is 4. The number of ether oxygens (including phenoxy) is 1. The van der Waals surface area contributed by atoms with Crippen LogP contribution in [0.3, 0.4) is 0 Å². The maximum atomic E-state index is 12.8. The van der Waals surface area contributed by atoms with E-state index in [2.05, 4.69) is 28.5 Å². The number of benzene rings is 1. The number of hydrogen-bond donors (Lipinski definition) is 2. The van der Waals surface area contributed by atoms with Gasteiger partial charge in [0.1, 0.15) is 0 Å². The number of carbonyl (C=O) groups is 2. The van der Waals surface area contributed by atoms with Crippen molar-refractivity contribution in [2.75, 3.05) is 36.5 Å². The van der Waals surface area contributed by atoms with Gasteiger partial charge < -0.3 is 20.3 Å². The lowest BCUT2D eigenvalue weighted by atomic mass is 9.81. The zero-order chi connectivity index (χ0) is 19.9. The highest BCUT2D eigenvalue weighted by Crippen LogP contribution is 2.32. The Morgan fingerprint density at radius 1 is 1.07 bits per heavy atom. The Labute approximate surface area is 168 Å². The van der Waals surface area contributed by atoms with Gasteiger partial charge in [0.05, 0.1) is 24.6 Å². The number of anilines is 2. The van der Waals surface area contributed by atoms with Gasteiger partial charge in [0.15, 0.2) is 0 Å². The fraction of sp³-hybridized carbons (Fsp3) is 0.636. The van der Waals surface area contributed by atoms with E-state index in [1.165, 1.54) is 0 Å². The molecule has 0 radical (unpaired) electrons. The molecule has 3 rings (SSSR count). The zero-order valence-electron chi connectivity index (χ0n) is 17.1. The zero-order valence-corrected chi connectivity index (χ0v) is 17.1. The van der Waals surface area contributed by atoms with Crippen LogP contribution in [0.5, 0.6) is 0 Å². The van der Waals surface area contributed by atoms with E-state index in [-0.39, 0.29) is 29.7 Å². The van der Waals surface area contributed by atoms with E-state index in [1.54, 1.807) is 0 Å². The summed E-state index contributed by atoms with van der Waals surface area (Å²) in [6, 6.07) is 8.19. The minimum absolute atomic E-state index is 0.0228. The molecule has 28 heavy (non-hydrogen) atoms. The third-order valence-corrected chi connectivity index (χ3v) is 5.98. The molecule has 1 aliphatic heterocycles. The Morgan fingerprint density at radius 3 is 2.32 bits per heavy atom. The first-order chi connectivity index (χ1) is 13.6. The number of amides is 2. The summed E-state index contributed by atoms with van der Waals surface area (Å²) in [5.74, 6) is 0.233. The van der Waals surface area contributed by atoms with Crippen molar-refractivity contribution < 1.29 is 14.3 Å². The molecule has 2 aliphatic rings. The Morgan fingerprint density at radius 2 is 1.68 bits per heavy atom. The van der Waals surface area contributed by atoms with Gasteiger partial charge in [-0.3, -0.25) is 9.59 Å². The van der Waals surface area contributed by atoms with Crippen molar-refractivity contribution in [3.8, 4) is 0 Å². The minimum Gasteiger partial charge on any atom is -0.378 e. The molecule has 1 aliphatic carbocycles. The molecule has 1 atom stereocenters. The largest absolute Gasteiger partial charge is 0.378 e. The van der Waals surface area contributed by atoms with Gasteiger partial charge in [-0.1, -0.05) is 19.1 Å². The van der Waals surface area contributed by atoms with Crippen molar-refractivity contribution >= 4 is 23.2 Å². The normalized spacial score (nSPS) is 23.7. The second-order valence-electron chi connectivity index (χ2n) is 7.97. The van der Waals surface area contributed by atoms with Gasteiger partial charge in [0.2, 0.25) is 11.8 Å². The molecule has 1 aromatic carbocycles. The third kappa shape index (κ3) is 5.25. The maximum Gasteiger partial charge on any atom is 0.227 e. The molecule has 154 valence electrons. The number of nitrogens with zero attached hydrogens (tertiary/aromatic N) is 1. The Balaban J connectivity index is 1.54. The molecule has 6 heteroatoms. The van der Waals surface area contributed by atoms with Gasteiger partial charge in [-0.05, 0) is 51.2 Å². The molecule has 0 aromatic heterocycles. The topological polar surface area (TPSA) is 70.7 Å². The van der Waals surface area contributed by atoms with Crippen LogP contribution in [0.25, 0.3) is 0 Å². The highest BCUT2D eigenvalue weighted by Gasteiger charge is 2.30. The average molecular weight is 388 g/mol. The summed E-state index contributed by atoms with van der Waals surface area (Å²) in [7, 11) is 0. The van der Waals surface area contributed by atoms with Crippen LogP contribution in [0.1, 0.15) is 46.0 Å². The molecule has 1 aromatic rings. The second kappa shape index (κ2) is 9.92. The lowest BCUT2D eigenvalue weighted by Gasteiger charge is -2.31. The molecular weight excluding hydrogens is 354 g/mol. The van der Waals surface area contributed by atoms with E-state index in [4.69, 9.17) is 4.74 Å². The van der Waals surface area contributed by atoms with E-state index in [0.29, 0.717) is 13.2 Å². The first kappa shape index (κ1) is 20.6. The molecule has 1 heterocycles. The van der Waals surface area contributed by atoms with Crippen LogP contribution in [0.2, 0.25) is 0 Å². The molecule has 6 nitrogen and oxygen atoms in total. The molecule has 0 spiro atoms. The summed E-state index contributed by atoms with van der Waals surface area (Å²) in [4.78, 5) is 27.4. The van der Waals surface area contributed by atoms with Gasteiger partial charge in [-0.2, -0.15) is 0 Å². The van der Waals surface area contributed by atoms with E-state index in [0.717, 1.165) is 56.6 Å². The fourth-order valence-electron chi connectivity index (χ4n) is 3.97. The van der Waals surface area contributed by atoms with Crippen LogP contribution in [-0.4, -0.2) is 44.2 Å². The quantitative estimate of drug-likeness (QED) is 0.786. The van der Waals surface area contributed by atoms with Crippen LogP contribution in [0.15, 0.2) is 24.3 Å². The Bertz CT molecular complexity index is 665. The summed E-state index contributed by atoms with van der Waals surface area (Å²) in [6.45, 7) is 7.20. The summed E-state index contributed by atoms with van der Waals surface area (Å²) in [5.41, 5.74) is 1.92. The predicted molar refractivity (Wildman–Crippen MR) is 111 cm³/mol. The van der Waals surface area contributed by atoms with E-state index in [9.17, 15) is 9.59 Å². The number of para-hydroxylation sites is 2. The smallest absolute Gasteiger partial charge is 0.227 e. The number of nitrogens with one attached hydrogen (secondary N) is 2. The van der Waals surface area contributed by atoms with Crippen molar-refractivity contribution in [3.05, 3.63) is 24.3 Å². The van der Waals surface area contributed by atoms with Gasteiger partial charge in [-0.15, -0.1) is 0 Å². The standard InChI is InChI=1S/C22H33N3O3/c1-3-16(2)23-21(26)17-8-10-18(11-9-17)22(27)24-19-6-4-5-7-20(19)25-12-14-28-15-13-25/h4-7,16-18H,3,8-15H2,1-2H3,(H,23,26)(H,24,27). The summed E-state index contributed by atoms with van der Waals surface area (Å²) in [5, 5.41) is 6.21. The monoisotopic (exact) mass is 387 g/mol. The third-order valence-electron chi connectivity index (χ3n) is 5.98. The van der Waals surface area contributed by atoms with Gasteiger partial charge in [0, 0.05) is 31.0 Å². The van der Waals surface area contributed by atoms with E-state index >= 15 is 0 Å². The molecule has 2 N–H and O–H groups in total. The highest BCUT2D eigenvalue weighted by molar-refractivity contribution is 5.96. The summed E-state index contributed by atoms with van der Waals surface area (Å²) >= 11 is 0. The van der Waals surface area contributed by atoms with Crippen LogP contribution in [-0.2, 0) is 14.3 Å². The van der Waals surface area contributed by atoms with Crippen LogP contribution in [0, 0.1) is 11.8 Å². The van der Waals surface area contributed by atoms with Crippen molar-refractivity contribution in [1.29, 1.82) is 0 Å². The predicted octanol–water partition coefficient (Wildman–Crippen LogP) is 3.18. The lowest BCUT2D eigenvalue weighted by molar-refractivity contribution is -0.129. The van der Waals surface area contributed by atoms with Crippen LogP contribution >= 0.6 is 0 Å². The molecule has 2 amide bonds. The SMILES string of the molecule is CCC(C)NC(=O)C1CCC(C(=O)Nc2ccccc2N2CCOCC2)CC1. The van der Waals surface area contributed by atoms with Crippen LogP contribution in [0.4, 0.5) is 11.4 Å². The van der Waals surface area contributed by atoms with E-state index < -0.39 is 0 Å². The number of morpholine rings is 1. The van der Waals surface area contributed by atoms with Crippen LogP contribution < -0.4 is 15.5 Å². The number of carbonyl (C=O) groups excluding carboxylic acids is 2. The first-order valence-electron chi connectivity index (χ1n) is 10.6. The molecule has 1 saturated heterocycles. The maximum absolute atomic E-state index is 12.8. The molecule has 2 fully saturated rings. The number of rotatable bonds is 6.